The van der Waals surface area contributed by atoms with E-state index in [2.05, 4.69) is 0 Å². The van der Waals surface area contributed by atoms with E-state index in [1.165, 1.54) is 0 Å². The summed E-state index contributed by atoms with van der Waals surface area (Å²) in [5, 5.41) is 0. The second-order valence-electron chi connectivity index (χ2n) is 0.962. The quantitative estimate of drug-likeness (QED) is 0.413. The molecule has 0 saturated heterocycles. The van der Waals surface area contributed by atoms with Crippen LogP contribution >= 0.6 is 0 Å². The van der Waals surface area contributed by atoms with Crippen molar-refractivity contribution in [3.05, 3.63) is 30.7 Å². The standard InChI is InChI=1S/C5H5.GeH4/c1-2-4-5-3-1;/h1-5H;1H4. The van der Waals surface area contributed by atoms with Crippen LogP contribution in [-0.2, 0) is 0 Å². The number of rotatable bonds is 0. The summed E-state index contributed by atoms with van der Waals surface area (Å²) in [4.78, 5) is 0. The molecular formula is C5H9Ge. The van der Waals surface area contributed by atoms with Gasteiger partial charge in [0.05, 0.1) is 0 Å². The zero-order valence-electron chi connectivity index (χ0n) is 2.89. The summed E-state index contributed by atoms with van der Waals surface area (Å²) in [5.41, 5.74) is 0. The van der Waals surface area contributed by atoms with Crippen molar-refractivity contribution in [3.8, 4) is 0 Å². The second kappa shape index (κ2) is 3.22. The zero-order chi connectivity index (χ0) is 3.54. The Kier molecular flexibility index (Phi) is 3.23. The molecule has 0 heterocycles. The zero-order valence-corrected chi connectivity index (χ0v) is 2.89. The summed E-state index contributed by atoms with van der Waals surface area (Å²) in [7, 11) is 0. The van der Waals surface area contributed by atoms with Crippen molar-refractivity contribution < 1.29 is 0 Å². The Morgan fingerprint density at radius 3 is 1.33 bits per heavy atom. The molecule has 1 aliphatic carbocycles. The topological polar surface area (TPSA) is 0 Å². The van der Waals surface area contributed by atoms with Crippen LogP contribution in [0.5, 0.6) is 0 Å². The Balaban J connectivity index is 0.000000250. The molecule has 0 fully saturated rings. The Bertz CT molecular complexity index is 62.0. The molecule has 0 unspecified atom stereocenters. The van der Waals surface area contributed by atoms with Gasteiger partial charge in [-0.15, -0.1) is 0 Å². The first-order valence-electron chi connectivity index (χ1n) is 1.67. The molecule has 0 atom stereocenters. The third-order valence-electron chi connectivity index (χ3n) is 0.556. The molecule has 0 aromatic carbocycles. The third kappa shape index (κ3) is 1.46. The molecule has 0 spiro atoms. The summed E-state index contributed by atoms with van der Waals surface area (Å²) < 4.78 is 0. The fraction of sp³-hybridized carbons (Fsp3) is 0. The third-order valence-corrected chi connectivity index (χ3v) is 0.556. The van der Waals surface area contributed by atoms with Crippen molar-refractivity contribution in [1.82, 2.24) is 0 Å². The first-order chi connectivity index (χ1) is 2.50. The van der Waals surface area contributed by atoms with Gasteiger partial charge in [0.15, 0.2) is 0 Å². The monoisotopic (exact) mass is 143 g/mol. The molecule has 1 radical (unpaired) electrons. The van der Waals surface area contributed by atoms with Crippen LogP contribution in [0.1, 0.15) is 0 Å². The van der Waals surface area contributed by atoms with E-state index in [0.717, 1.165) is 0 Å². The van der Waals surface area contributed by atoms with Gasteiger partial charge in [0.2, 0.25) is 0 Å². The average Bonchev–Trinajstić information content (AvgIpc) is 1.76. The van der Waals surface area contributed by atoms with Crippen molar-refractivity contribution in [2.75, 3.05) is 0 Å². The van der Waals surface area contributed by atoms with Crippen LogP contribution in [-0.4, -0.2) is 17.6 Å². The fourth-order valence-corrected chi connectivity index (χ4v) is 0.321. The van der Waals surface area contributed by atoms with Crippen molar-refractivity contribution in [2.45, 2.75) is 0 Å². The number of hydrogen-bond donors (Lipinski definition) is 0. The van der Waals surface area contributed by atoms with Gasteiger partial charge in [0.25, 0.3) is 0 Å². The molecule has 0 saturated carbocycles. The van der Waals surface area contributed by atoms with Gasteiger partial charge >= 0.3 is 17.6 Å². The van der Waals surface area contributed by atoms with Crippen LogP contribution in [0, 0.1) is 6.42 Å². The van der Waals surface area contributed by atoms with Crippen molar-refractivity contribution in [2.24, 2.45) is 0 Å². The van der Waals surface area contributed by atoms with Gasteiger partial charge in [-0.2, -0.15) is 0 Å². The maximum atomic E-state index is 2.00. The van der Waals surface area contributed by atoms with Crippen LogP contribution in [0.15, 0.2) is 24.3 Å². The summed E-state index contributed by atoms with van der Waals surface area (Å²) in [6.07, 6.45) is 10.0. The predicted octanol–water partition coefficient (Wildman–Crippen LogP) is -0.135. The Morgan fingerprint density at radius 1 is 0.667 bits per heavy atom. The van der Waals surface area contributed by atoms with Crippen LogP contribution in [0.3, 0.4) is 0 Å². The van der Waals surface area contributed by atoms with Crippen LogP contribution in [0.2, 0.25) is 0 Å². The van der Waals surface area contributed by atoms with Gasteiger partial charge in [0, 0.05) is 6.42 Å². The predicted molar refractivity (Wildman–Crippen MR) is 33.9 cm³/mol. The molecular weight excluding hydrogens is 133 g/mol. The summed E-state index contributed by atoms with van der Waals surface area (Å²) >= 11 is 0. The minimum atomic E-state index is 0. The molecule has 1 aliphatic rings. The average molecular weight is 142 g/mol. The van der Waals surface area contributed by atoms with E-state index in [1.807, 2.05) is 30.7 Å². The molecule has 0 bridgehead atoms. The van der Waals surface area contributed by atoms with Crippen molar-refractivity contribution in [3.63, 3.8) is 0 Å². The summed E-state index contributed by atoms with van der Waals surface area (Å²) in [5.74, 6) is 0. The molecule has 1 heteroatoms. The van der Waals surface area contributed by atoms with E-state index in [9.17, 15) is 0 Å². The molecule has 1 rings (SSSR count). The maximum absolute atomic E-state index is 2.00. The number of hydrogen-bond acceptors (Lipinski definition) is 0. The van der Waals surface area contributed by atoms with Crippen molar-refractivity contribution in [1.29, 1.82) is 0 Å². The summed E-state index contributed by atoms with van der Waals surface area (Å²) in [6, 6.07) is 0. The Morgan fingerprint density at radius 2 is 1.17 bits per heavy atom. The van der Waals surface area contributed by atoms with E-state index >= 15 is 0 Å². The van der Waals surface area contributed by atoms with Crippen LogP contribution < -0.4 is 0 Å². The molecule has 0 N–H and O–H groups in total. The molecule has 0 aromatic heterocycles. The van der Waals surface area contributed by atoms with Gasteiger partial charge in [-0.3, -0.25) is 0 Å². The molecule has 0 aromatic rings. The molecule has 6 heavy (non-hydrogen) atoms. The fourth-order valence-electron chi connectivity index (χ4n) is 0.321. The van der Waals surface area contributed by atoms with Gasteiger partial charge in [0.1, 0.15) is 0 Å². The van der Waals surface area contributed by atoms with Gasteiger partial charge < -0.3 is 0 Å². The van der Waals surface area contributed by atoms with Crippen molar-refractivity contribution >= 4 is 17.6 Å². The molecule has 0 nitrogen and oxygen atoms in total. The second-order valence-corrected chi connectivity index (χ2v) is 0.962. The Hall–Kier alpha value is 0.0229. The summed E-state index contributed by atoms with van der Waals surface area (Å²) in [6.45, 7) is 0. The molecule has 0 amide bonds. The minimum absolute atomic E-state index is 0. The van der Waals surface area contributed by atoms with Crippen LogP contribution in [0.4, 0.5) is 0 Å². The van der Waals surface area contributed by atoms with E-state index in [-0.39, 0.29) is 17.6 Å². The van der Waals surface area contributed by atoms with E-state index in [0.29, 0.717) is 0 Å². The van der Waals surface area contributed by atoms with Crippen LogP contribution in [0.25, 0.3) is 0 Å². The van der Waals surface area contributed by atoms with E-state index in [4.69, 9.17) is 0 Å². The first kappa shape index (κ1) is 6.02. The first-order valence-corrected chi connectivity index (χ1v) is 1.67. The van der Waals surface area contributed by atoms with Gasteiger partial charge in [-0.25, -0.2) is 0 Å². The SMILES string of the molecule is [CH]1C=CC=C1.[GeH4]. The van der Waals surface area contributed by atoms with Gasteiger partial charge in [-0.05, 0) is 0 Å². The van der Waals surface area contributed by atoms with E-state index < -0.39 is 0 Å². The number of allylic oxidation sites excluding steroid dienone is 4. The van der Waals surface area contributed by atoms with E-state index in [1.54, 1.807) is 0 Å². The molecule has 33 valence electrons. The Labute approximate surface area is 48.9 Å². The van der Waals surface area contributed by atoms with Gasteiger partial charge in [-0.1, -0.05) is 24.3 Å². The molecule has 0 aliphatic heterocycles. The normalized spacial score (nSPS) is 14.7.